The molecule has 0 aliphatic rings. The topological polar surface area (TPSA) is 30.7 Å². The fraction of sp³-hybridized carbons (Fsp3) is 0.111. The van der Waals surface area contributed by atoms with E-state index in [0.717, 1.165) is 15.3 Å². The summed E-state index contributed by atoms with van der Waals surface area (Å²) in [6, 6.07) is 7.80. The van der Waals surface area contributed by atoms with Gasteiger partial charge in [0.25, 0.3) is 0 Å². The molecule has 14 heavy (non-hydrogen) atoms. The van der Waals surface area contributed by atoms with Crippen LogP contribution in [0.25, 0.3) is 11.3 Å². The van der Waals surface area contributed by atoms with Gasteiger partial charge >= 0.3 is 0 Å². The fourth-order valence-electron chi connectivity index (χ4n) is 1.26. The molecule has 5 heteroatoms. The number of benzene rings is 1. The second-order valence-electron chi connectivity index (χ2n) is 2.90. The van der Waals surface area contributed by atoms with Crippen molar-refractivity contribution in [2.75, 3.05) is 0 Å². The molecule has 1 heterocycles. The smallest absolute Gasteiger partial charge is 0.140 e. The Labute approximate surface area is 91.4 Å². The molecule has 0 N–H and O–H groups in total. The summed E-state index contributed by atoms with van der Waals surface area (Å²) in [5.41, 5.74) is 2.65. The summed E-state index contributed by atoms with van der Waals surface area (Å²) >= 11 is 11.6. The van der Waals surface area contributed by atoms with E-state index in [1.165, 1.54) is 0 Å². The third-order valence-corrected chi connectivity index (χ3v) is 2.64. The lowest BCUT2D eigenvalue weighted by Gasteiger charge is -2.00. The zero-order chi connectivity index (χ0) is 10.1. The summed E-state index contributed by atoms with van der Waals surface area (Å²) in [5, 5.41) is 7.86. The highest BCUT2D eigenvalue weighted by atomic mass is 35.5. The van der Waals surface area contributed by atoms with Gasteiger partial charge in [-0.15, -0.1) is 9.30 Å². The van der Waals surface area contributed by atoms with Gasteiger partial charge in [-0.1, -0.05) is 35.9 Å². The average Bonchev–Trinajstić information content (AvgIpc) is 2.49. The van der Waals surface area contributed by atoms with E-state index in [0.29, 0.717) is 10.8 Å². The van der Waals surface area contributed by atoms with Gasteiger partial charge in [-0.2, -0.15) is 0 Å². The molecule has 0 saturated heterocycles. The molecule has 2 aromatic rings. The quantitative estimate of drug-likeness (QED) is 0.751. The van der Waals surface area contributed by atoms with Crippen molar-refractivity contribution in [1.82, 2.24) is 14.5 Å². The van der Waals surface area contributed by atoms with Gasteiger partial charge in [0.05, 0.1) is 0 Å². The van der Waals surface area contributed by atoms with Crippen LogP contribution in [0, 0.1) is 6.92 Å². The van der Waals surface area contributed by atoms with Gasteiger partial charge in [0.15, 0.2) is 5.15 Å². The Hall–Kier alpha value is -1.06. The summed E-state index contributed by atoms with van der Waals surface area (Å²) < 4.78 is 1.03. The Kier molecular flexibility index (Phi) is 2.44. The summed E-state index contributed by atoms with van der Waals surface area (Å²) in [6.07, 6.45) is 0. The molecule has 0 spiro atoms. The van der Waals surface area contributed by atoms with E-state index in [9.17, 15) is 0 Å². The van der Waals surface area contributed by atoms with E-state index < -0.39 is 0 Å². The minimum atomic E-state index is 0.334. The number of aromatic nitrogens is 3. The monoisotopic (exact) mass is 227 g/mol. The molecular formula is C9H7Cl2N3. The van der Waals surface area contributed by atoms with Crippen molar-refractivity contribution in [2.45, 2.75) is 6.92 Å². The number of rotatable bonds is 1. The molecule has 0 amide bonds. The normalized spacial score (nSPS) is 10.5. The third kappa shape index (κ3) is 1.49. The molecule has 2 rings (SSSR count). The molecule has 1 aromatic heterocycles. The van der Waals surface area contributed by atoms with Crippen molar-refractivity contribution in [1.29, 1.82) is 0 Å². The van der Waals surface area contributed by atoms with Crippen LogP contribution in [-0.4, -0.2) is 14.5 Å². The summed E-state index contributed by atoms with van der Waals surface area (Å²) in [5.74, 6) is 0. The van der Waals surface area contributed by atoms with E-state index in [-0.39, 0.29) is 0 Å². The van der Waals surface area contributed by atoms with Gasteiger partial charge in [0, 0.05) is 17.3 Å². The number of hydrogen-bond acceptors (Lipinski definition) is 2. The van der Waals surface area contributed by atoms with Crippen LogP contribution in [0.4, 0.5) is 0 Å². The van der Waals surface area contributed by atoms with E-state index in [1.807, 2.05) is 31.2 Å². The fourth-order valence-corrected chi connectivity index (χ4v) is 1.54. The van der Waals surface area contributed by atoms with E-state index in [2.05, 4.69) is 10.3 Å². The lowest BCUT2D eigenvalue weighted by molar-refractivity contribution is 0.881. The third-order valence-electron chi connectivity index (χ3n) is 1.98. The van der Waals surface area contributed by atoms with Gasteiger partial charge in [0.2, 0.25) is 0 Å². The second-order valence-corrected chi connectivity index (χ2v) is 3.58. The predicted molar refractivity (Wildman–Crippen MR) is 56.5 cm³/mol. The molecule has 0 saturated carbocycles. The highest BCUT2D eigenvalue weighted by Crippen LogP contribution is 2.27. The Morgan fingerprint density at radius 1 is 1.29 bits per heavy atom. The van der Waals surface area contributed by atoms with Crippen molar-refractivity contribution in [3.63, 3.8) is 0 Å². The van der Waals surface area contributed by atoms with Crippen molar-refractivity contribution >= 4 is 23.4 Å². The average molecular weight is 228 g/mol. The largest absolute Gasteiger partial charge is 0.174 e. The van der Waals surface area contributed by atoms with Crippen molar-refractivity contribution < 1.29 is 0 Å². The first-order valence-corrected chi connectivity index (χ1v) is 4.75. The Morgan fingerprint density at radius 2 is 2.00 bits per heavy atom. The number of hydrogen-bond donors (Lipinski definition) is 0. The van der Waals surface area contributed by atoms with Crippen LogP contribution in [0.2, 0.25) is 5.15 Å². The van der Waals surface area contributed by atoms with Gasteiger partial charge in [-0.05, 0) is 17.7 Å². The lowest BCUT2D eigenvalue weighted by Crippen LogP contribution is -1.83. The molecule has 0 fully saturated rings. The molecule has 0 aliphatic heterocycles. The zero-order valence-electron chi connectivity index (χ0n) is 7.41. The van der Waals surface area contributed by atoms with Gasteiger partial charge < -0.3 is 0 Å². The minimum Gasteiger partial charge on any atom is -0.140 e. The molecule has 0 atom stereocenters. The molecule has 0 bridgehead atoms. The highest BCUT2D eigenvalue weighted by Gasteiger charge is 2.12. The molecule has 72 valence electrons. The van der Waals surface area contributed by atoms with E-state index in [1.54, 1.807) is 0 Å². The Bertz CT molecular complexity index is 465. The molecule has 0 unspecified atom stereocenters. The first kappa shape index (κ1) is 9.49. The van der Waals surface area contributed by atoms with Crippen molar-refractivity contribution in [3.8, 4) is 11.3 Å². The van der Waals surface area contributed by atoms with Crippen molar-refractivity contribution in [3.05, 3.63) is 35.0 Å². The summed E-state index contributed by atoms with van der Waals surface area (Å²) in [6.45, 7) is 1.99. The maximum atomic E-state index is 5.92. The zero-order valence-corrected chi connectivity index (χ0v) is 8.92. The summed E-state index contributed by atoms with van der Waals surface area (Å²) in [4.78, 5) is 0. The van der Waals surface area contributed by atoms with Crippen LogP contribution >= 0.6 is 23.4 Å². The SMILES string of the molecule is Cc1ccccc1-c1nnn(Cl)c1Cl. The number of aryl methyl sites for hydroxylation is 1. The van der Waals surface area contributed by atoms with Crippen LogP contribution in [0.5, 0.6) is 0 Å². The van der Waals surface area contributed by atoms with Crippen LogP contribution < -0.4 is 0 Å². The standard InChI is InChI=1S/C9H7Cl2N3/c1-6-4-2-3-5-7(6)8-9(10)14(11)13-12-8/h2-5H,1H3. The van der Waals surface area contributed by atoms with Crippen LogP contribution in [0.1, 0.15) is 5.56 Å². The first-order chi connectivity index (χ1) is 6.70. The minimum absolute atomic E-state index is 0.334. The first-order valence-electron chi connectivity index (χ1n) is 4.03. The number of nitrogens with zero attached hydrogens (tertiary/aromatic N) is 3. The summed E-state index contributed by atoms with van der Waals surface area (Å²) in [7, 11) is 0. The Morgan fingerprint density at radius 3 is 2.57 bits per heavy atom. The Balaban J connectivity index is 2.60. The van der Waals surface area contributed by atoms with Crippen LogP contribution in [-0.2, 0) is 0 Å². The molecular weight excluding hydrogens is 221 g/mol. The molecule has 1 aromatic carbocycles. The second kappa shape index (κ2) is 3.59. The van der Waals surface area contributed by atoms with Crippen LogP contribution in [0.15, 0.2) is 24.3 Å². The van der Waals surface area contributed by atoms with Gasteiger partial charge in [-0.25, -0.2) is 0 Å². The van der Waals surface area contributed by atoms with Crippen molar-refractivity contribution in [2.24, 2.45) is 0 Å². The molecule has 3 nitrogen and oxygen atoms in total. The van der Waals surface area contributed by atoms with Crippen LogP contribution in [0.3, 0.4) is 0 Å². The van der Waals surface area contributed by atoms with Gasteiger partial charge in [-0.3, -0.25) is 0 Å². The van der Waals surface area contributed by atoms with E-state index >= 15 is 0 Å². The predicted octanol–water partition coefficient (Wildman–Crippen LogP) is 2.91. The van der Waals surface area contributed by atoms with E-state index in [4.69, 9.17) is 23.4 Å². The lowest BCUT2D eigenvalue weighted by atomic mass is 10.1. The highest BCUT2D eigenvalue weighted by molar-refractivity contribution is 6.35. The van der Waals surface area contributed by atoms with Gasteiger partial charge in [0.1, 0.15) is 5.69 Å². The maximum absolute atomic E-state index is 5.92. The maximum Gasteiger partial charge on any atom is 0.174 e. The number of halogens is 2. The molecule has 0 radical (unpaired) electrons. The molecule has 0 aliphatic carbocycles.